The van der Waals surface area contributed by atoms with E-state index in [1.54, 1.807) is 11.1 Å². The average Bonchev–Trinajstić information content (AvgIpc) is 2.63. The molecule has 1 amide bonds. The van der Waals surface area contributed by atoms with Gasteiger partial charge in [0.05, 0.1) is 11.3 Å². The number of hydrazine groups is 1. The van der Waals surface area contributed by atoms with Gasteiger partial charge in [-0.25, -0.2) is 10.0 Å². The Morgan fingerprint density at radius 3 is 2.20 bits per heavy atom. The molecule has 1 saturated heterocycles. The molecule has 0 radical (unpaired) electrons. The number of rotatable bonds is 4. The van der Waals surface area contributed by atoms with E-state index in [9.17, 15) is 18.0 Å². The molecule has 7 heteroatoms. The number of nitrogens with zero attached hydrogens (tertiary/aromatic N) is 3. The highest BCUT2D eigenvalue weighted by atomic mass is 19.4. The summed E-state index contributed by atoms with van der Waals surface area (Å²) in [5.74, 6) is 0. The van der Waals surface area contributed by atoms with Gasteiger partial charge in [-0.15, -0.1) is 0 Å². The number of amides is 1. The highest BCUT2D eigenvalue weighted by molar-refractivity contribution is 5.73. The Morgan fingerprint density at radius 2 is 1.60 bits per heavy atom. The number of hydrogen-bond acceptors (Lipinski definition) is 3. The van der Waals surface area contributed by atoms with Crippen molar-refractivity contribution in [2.75, 3.05) is 36.1 Å². The Balaban J connectivity index is 1.69. The molecule has 1 heterocycles. The minimum atomic E-state index is -4.35. The lowest BCUT2D eigenvalue weighted by Gasteiger charge is -2.40. The van der Waals surface area contributed by atoms with E-state index in [1.165, 1.54) is 12.1 Å². The number of para-hydroxylation sites is 1. The molecular formula is C18H18F3N3O. The Morgan fingerprint density at radius 1 is 0.920 bits per heavy atom. The number of carbonyl (C=O) groups excluding carboxylic acids is 1. The highest BCUT2D eigenvalue weighted by Gasteiger charge is 2.31. The van der Waals surface area contributed by atoms with Gasteiger partial charge >= 0.3 is 6.18 Å². The summed E-state index contributed by atoms with van der Waals surface area (Å²) in [6.45, 7) is 2.17. The van der Waals surface area contributed by atoms with E-state index >= 15 is 0 Å². The molecule has 1 aliphatic heterocycles. The maximum Gasteiger partial charge on any atom is 0.416 e. The van der Waals surface area contributed by atoms with Gasteiger partial charge in [-0.2, -0.15) is 13.2 Å². The van der Waals surface area contributed by atoms with E-state index in [0.29, 0.717) is 31.9 Å². The summed E-state index contributed by atoms with van der Waals surface area (Å²) < 4.78 is 38.6. The first kappa shape index (κ1) is 17.3. The fourth-order valence-corrected chi connectivity index (χ4v) is 2.92. The lowest BCUT2D eigenvalue weighted by molar-refractivity contribution is -0.137. The van der Waals surface area contributed by atoms with Crippen molar-refractivity contribution in [2.24, 2.45) is 0 Å². The molecule has 0 bridgehead atoms. The number of alkyl halides is 3. The van der Waals surface area contributed by atoms with Gasteiger partial charge in [-0.1, -0.05) is 24.3 Å². The van der Waals surface area contributed by atoms with Gasteiger partial charge in [-0.05, 0) is 30.3 Å². The summed E-state index contributed by atoms with van der Waals surface area (Å²) >= 11 is 0. The van der Waals surface area contributed by atoms with E-state index in [0.717, 1.165) is 18.2 Å². The number of hydrogen-bond donors (Lipinski definition) is 0. The lowest BCUT2D eigenvalue weighted by Crippen LogP contribution is -2.53. The molecule has 4 nitrogen and oxygen atoms in total. The molecule has 0 aromatic heterocycles. The van der Waals surface area contributed by atoms with E-state index in [1.807, 2.05) is 40.2 Å². The van der Waals surface area contributed by atoms with Crippen LogP contribution in [0.2, 0.25) is 0 Å². The third-order valence-electron chi connectivity index (χ3n) is 4.22. The number of anilines is 2. The first-order chi connectivity index (χ1) is 12.0. The standard InChI is InChI=1S/C18H18F3N3O/c19-18(20,21)15-5-4-8-17(13-15)22-9-11-23(12-10-22)24(14-25)16-6-2-1-3-7-16/h1-8,13-14H,9-12H2. The van der Waals surface area contributed by atoms with Gasteiger partial charge in [0.2, 0.25) is 6.41 Å². The Bertz CT molecular complexity index is 713. The van der Waals surface area contributed by atoms with Crippen molar-refractivity contribution in [3.63, 3.8) is 0 Å². The SMILES string of the molecule is O=CN(c1ccccc1)N1CCN(c2cccc(C(F)(F)F)c2)CC1. The van der Waals surface area contributed by atoms with Gasteiger partial charge in [-0.3, -0.25) is 4.79 Å². The van der Waals surface area contributed by atoms with E-state index in [4.69, 9.17) is 0 Å². The maximum absolute atomic E-state index is 12.9. The summed E-state index contributed by atoms with van der Waals surface area (Å²) in [6.07, 6.45) is -3.59. The molecule has 2 aromatic carbocycles. The predicted molar refractivity (Wildman–Crippen MR) is 90.2 cm³/mol. The van der Waals surface area contributed by atoms with Crippen molar-refractivity contribution in [3.05, 3.63) is 60.2 Å². The fourth-order valence-electron chi connectivity index (χ4n) is 2.92. The smallest absolute Gasteiger partial charge is 0.369 e. The molecule has 0 atom stereocenters. The van der Waals surface area contributed by atoms with Gasteiger partial charge < -0.3 is 4.90 Å². The maximum atomic E-state index is 12.9. The minimum absolute atomic E-state index is 0.540. The largest absolute Gasteiger partial charge is 0.416 e. The Hall–Kier alpha value is -2.54. The van der Waals surface area contributed by atoms with Crippen LogP contribution in [0.25, 0.3) is 0 Å². The molecular weight excluding hydrogens is 331 g/mol. The summed E-state index contributed by atoms with van der Waals surface area (Å²) in [5, 5.41) is 3.44. The second-order valence-electron chi connectivity index (χ2n) is 5.77. The predicted octanol–water partition coefficient (Wildman–Crippen LogP) is 3.41. The normalized spacial score (nSPS) is 15.9. The third-order valence-corrected chi connectivity index (χ3v) is 4.22. The van der Waals surface area contributed by atoms with Crippen LogP contribution in [0.1, 0.15) is 5.56 Å². The number of benzene rings is 2. The molecule has 132 valence electrons. The number of halogens is 3. The second-order valence-corrected chi connectivity index (χ2v) is 5.77. The zero-order chi connectivity index (χ0) is 17.9. The van der Waals surface area contributed by atoms with Crippen molar-refractivity contribution in [1.29, 1.82) is 0 Å². The first-order valence-electron chi connectivity index (χ1n) is 7.96. The zero-order valence-corrected chi connectivity index (χ0v) is 13.5. The summed E-state index contributed by atoms with van der Waals surface area (Å²) in [5.41, 5.74) is 0.670. The Kier molecular flexibility index (Phi) is 4.94. The van der Waals surface area contributed by atoms with Crippen molar-refractivity contribution in [2.45, 2.75) is 6.18 Å². The third kappa shape index (κ3) is 3.93. The van der Waals surface area contributed by atoms with Crippen molar-refractivity contribution >= 4 is 17.8 Å². The highest BCUT2D eigenvalue weighted by Crippen LogP contribution is 2.32. The molecule has 0 aliphatic carbocycles. The molecule has 0 unspecified atom stereocenters. The summed E-state index contributed by atoms with van der Waals surface area (Å²) in [4.78, 5) is 13.4. The molecule has 3 rings (SSSR count). The summed E-state index contributed by atoms with van der Waals surface area (Å²) in [7, 11) is 0. The van der Waals surface area contributed by atoms with Crippen LogP contribution in [-0.4, -0.2) is 37.6 Å². The monoisotopic (exact) mass is 349 g/mol. The lowest BCUT2D eigenvalue weighted by atomic mass is 10.1. The van der Waals surface area contributed by atoms with Crippen LogP contribution in [0.5, 0.6) is 0 Å². The van der Waals surface area contributed by atoms with E-state index in [-0.39, 0.29) is 0 Å². The number of carbonyl (C=O) groups is 1. The van der Waals surface area contributed by atoms with Crippen LogP contribution in [0.3, 0.4) is 0 Å². The molecule has 2 aromatic rings. The molecule has 1 aliphatic rings. The van der Waals surface area contributed by atoms with Crippen molar-refractivity contribution < 1.29 is 18.0 Å². The topological polar surface area (TPSA) is 26.8 Å². The van der Waals surface area contributed by atoms with Gasteiger partial charge in [0.1, 0.15) is 0 Å². The van der Waals surface area contributed by atoms with E-state index < -0.39 is 11.7 Å². The van der Waals surface area contributed by atoms with Crippen molar-refractivity contribution in [3.8, 4) is 0 Å². The van der Waals surface area contributed by atoms with Gasteiger partial charge in [0.15, 0.2) is 0 Å². The fraction of sp³-hybridized carbons (Fsp3) is 0.278. The quantitative estimate of drug-likeness (QED) is 0.792. The van der Waals surface area contributed by atoms with Gasteiger partial charge in [0.25, 0.3) is 0 Å². The second kappa shape index (κ2) is 7.14. The van der Waals surface area contributed by atoms with Crippen LogP contribution in [0.15, 0.2) is 54.6 Å². The zero-order valence-electron chi connectivity index (χ0n) is 13.5. The summed E-state index contributed by atoms with van der Waals surface area (Å²) in [6, 6.07) is 14.6. The molecule has 0 spiro atoms. The van der Waals surface area contributed by atoms with Crippen LogP contribution in [0, 0.1) is 0 Å². The van der Waals surface area contributed by atoms with E-state index in [2.05, 4.69) is 0 Å². The average molecular weight is 349 g/mol. The van der Waals surface area contributed by atoms with Crippen LogP contribution in [-0.2, 0) is 11.0 Å². The molecule has 25 heavy (non-hydrogen) atoms. The Labute approximate surface area is 144 Å². The molecule has 0 N–H and O–H groups in total. The van der Waals surface area contributed by atoms with Crippen LogP contribution in [0.4, 0.5) is 24.5 Å². The number of piperazine rings is 1. The van der Waals surface area contributed by atoms with Gasteiger partial charge in [0, 0.05) is 31.9 Å². The first-order valence-corrected chi connectivity index (χ1v) is 7.96. The van der Waals surface area contributed by atoms with Crippen LogP contribution < -0.4 is 9.91 Å². The molecule has 1 fully saturated rings. The van der Waals surface area contributed by atoms with Crippen molar-refractivity contribution in [1.82, 2.24) is 5.01 Å². The molecule has 0 saturated carbocycles. The van der Waals surface area contributed by atoms with Crippen LogP contribution >= 0.6 is 0 Å². The minimum Gasteiger partial charge on any atom is -0.369 e.